The molecule has 0 aliphatic carbocycles. The van der Waals surface area contributed by atoms with Crippen LogP contribution >= 0.6 is 0 Å². The third kappa shape index (κ3) is 2.88. The lowest BCUT2D eigenvalue weighted by molar-refractivity contribution is 0.154. The van der Waals surface area contributed by atoms with Crippen LogP contribution in [0.3, 0.4) is 0 Å². The maximum absolute atomic E-state index is 9.60. The van der Waals surface area contributed by atoms with Crippen LogP contribution < -0.4 is 4.90 Å². The average molecular weight is 263 g/mol. The van der Waals surface area contributed by atoms with Crippen molar-refractivity contribution in [3.8, 4) is 0 Å². The molecule has 5 heteroatoms. The number of ether oxygens (including phenoxy) is 1. The lowest BCUT2D eigenvalue weighted by atomic mass is 10.4. The largest absolute Gasteiger partial charge is 0.390 e. The molecule has 0 radical (unpaired) electrons. The summed E-state index contributed by atoms with van der Waals surface area (Å²) in [6.07, 6.45) is 1.92. The van der Waals surface area contributed by atoms with Gasteiger partial charge in [0.05, 0.1) is 18.9 Å². The lowest BCUT2D eigenvalue weighted by Crippen LogP contribution is -2.28. The van der Waals surface area contributed by atoms with Crippen molar-refractivity contribution < 1.29 is 9.84 Å². The Hall–Kier alpha value is -1.59. The number of likely N-dealkylation sites (N-methyl/N-ethyl adjacent to an activating group) is 1. The predicted octanol–water partition coefficient (Wildman–Crippen LogP) is 1.69. The molecular formula is C14H21N3O2. The molecule has 2 aromatic rings. The highest BCUT2D eigenvalue weighted by atomic mass is 16.5. The molecule has 0 aliphatic heterocycles. The van der Waals surface area contributed by atoms with Gasteiger partial charge in [-0.05, 0) is 26.0 Å². The van der Waals surface area contributed by atoms with Gasteiger partial charge in [0.25, 0.3) is 0 Å². The Bertz CT molecular complexity index is 524. The van der Waals surface area contributed by atoms with E-state index in [1.165, 1.54) is 0 Å². The second-order valence-corrected chi connectivity index (χ2v) is 4.25. The Morgan fingerprint density at radius 3 is 2.89 bits per heavy atom. The van der Waals surface area contributed by atoms with Gasteiger partial charge in [-0.15, -0.1) is 0 Å². The molecule has 0 unspecified atom stereocenters. The lowest BCUT2D eigenvalue weighted by Gasteiger charge is -2.21. The van der Waals surface area contributed by atoms with E-state index in [0.717, 1.165) is 36.9 Å². The zero-order valence-corrected chi connectivity index (χ0v) is 11.5. The van der Waals surface area contributed by atoms with E-state index in [4.69, 9.17) is 4.74 Å². The topological polar surface area (TPSA) is 50.0 Å². The second-order valence-electron chi connectivity index (χ2n) is 4.25. The van der Waals surface area contributed by atoms with E-state index in [0.29, 0.717) is 6.61 Å². The molecule has 0 aromatic carbocycles. The van der Waals surface area contributed by atoms with Gasteiger partial charge in [0.15, 0.2) is 5.82 Å². The number of imidazole rings is 1. The minimum Gasteiger partial charge on any atom is -0.390 e. The fraction of sp³-hybridized carbons (Fsp3) is 0.500. The van der Waals surface area contributed by atoms with E-state index in [9.17, 15) is 5.11 Å². The van der Waals surface area contributed by atoms with Gasteiger partial charge in [0.2, 0.25) is 0 Å². The van der Waals surface area contributed by atoms with Crippen LogP contribution in [0.25, 0.3) is 5.65 Å². The van der Waals surface area contributed by atoms with Crippen molar-refractivity contribution in [3.05, 3.63) is 30.1 Å². The maximum Gasteiger partial charge on any atom is 0.153 e. The first kappa shape index (κ1) is 13.8. The molecule has 2 heterocycles. The molecule has 0 atom stereocenters. The number of rotatable bonds is 7. The summed E-state index contributed by atoms with van der Waals surface area (Å²) in [6.45, 7) is 7.05. The molecule has 0 spiro atoms. The van der Waals surface area contributed by atoms with Gasteiger partial charge in [-0.3, -0.25) is 4.40 Å². The second kappa shape index (κ2) is 6.54. The van der Waals surface area contributed by atoms with Crippen molar-refractivity contribution in [1.82, 2.24) is 9.38 Å². The highest BCUT2D eigenvalue weighted by Crippen LogP contribution is 2.21. The number of hydrogen-bond donors (Lipinski definition) is 1. The number of nitrogens with zero attached hydrogens (tertiary/aromatic N) is 3. The zero-order chi connectivity index (χ0) is 13.7. The van der Waals surface area contributed by atoms with Crippen molar-refractivity contribution in [2.24, 2.45) is 0 Å². The number of aliphatic hydroxyl groups excluding tert-OH is 1. The summed E-state index contributed by atoms with van der Waals surface area (Å²) < 4.78 is 7.33. The van der Waals surface area contributed by atoms with Crippen molar-refractivity contribution in [2.75, 3.05) is 31.2 Å². The van der Waals surface area contributed by atoms with Gasteiger partial charge < -0.3 is 14.7 Å². The Morgan fingerprint density at radius 1 is 1.37 bits per heavy atom. The molecule has 0 bridgehead atoms. The van der Waals surface area contributed by atoms with Crippen molar-refractivity contribution in [1.29, 1.82) is 0 Å². The molecular weight excluding hydrogens is 242 g/mol. The Kier molecular flexibility index (Phi) is 4.76. The van der Waals surface area contributed by atoms with Gasteiger partial charge in [-0.1, -0.05) is 6.07 Å². The van der Waals surface area contributed by atoms with Gasteiger partial charge in [-0.2, -0.15) is 0 Å². The fourth-order valence-electron chi connectivity index (χ4n) is 2.17. The summed E-state index contributed by atoms with van der Waals surface area (Å²) in [5.74, 6) is 0.843. The summed E-state index contributed by atoms with van der Waals surface area (Å²) in [5.41, 5.74) is 1.69. The van der Waals surface area contributed by atoms with Crippen LogP contribution in [-0.4, -0.2) is 40.8 Å². The first-order chi connectivity index (χ1) is 9.31. The highest BCUT2D eigenvalue weighted by Gasteiger charge is 2.16. The predicted molar refractivity (Wildman–Crippen MR) is 75.5 cm³/mol. The molecule has 0 fully saturated rings. The zero-order valence-electron chi connectivity index (χ0n) is 11.5. The summed E-state index contributed by atoms with van der Waals surface area (Å²) in [6, 6.07) is 5.83. The molecule has 0 amide bonds. The summed E-state index contributed by atoms with van der Waals surface area (Å²) in [4.78, 5) is 6.74. The quantitative estimate of drug-likeness (QED) is 0.772. The molecule has 5 nitrogen and oxygen atoms in total. The number of hydrogen-bond acceptors (Lipinski definition) is 4. The first-order valence-electron chi connectivity index (χ1n) is 6.71. The van der Waals surface area contributed by atoms with E-state index < -0.39 is 0 Å². The van der Waals surface area contributed by atoms with Crippen molar-refractivity contribution >= 4 is 11.5 Å². The molecule has 1 N–H and O–H groups in total. The number of aromatic nitrogens is 2. The van der Waals surface area contributed by atoms with Crippen LogP contribution in [0, 0.1) is 0 Å². The van der Waals surface area contributed by atoms with E-state index in [1.54, 1.807) is 0 Å². The SMILES string of the molecule is CCOCCN(CC)c1nc2ccccn2c1CO. The Balaban J connectivity index is 2.30. The van der Waals surface area contributed by atoms with E-state index in [-0.39, 0.29) is 6.61 Å². The molecule has 2 aromatic heterocycles. The maximum atomic E-state index is 9.60. The minimum absolute atomic E-state index is 0.0222. The summed E-state index contributed by atoms with van der Waals surface area (Å²) >= 11 is 0. The minimum atomic E-state index is -0.0222. The standard InChI is InChI=1S/C14H21N3O2/c1-3-16(9-10-19-4-2)14-12(11-18)17-8-6-5-7-13(17)15-14/h5-8,18H,3-4,9-11H2,1-2H3. The molecule has 0 saturated heterocycles. The Labute approximate surface area is 113 Å². The number of anilines is 1. The van der Waals surface area contributed by atoms with Crippen LogP contribution in [0.15, 0.2) is 24.4 Å². The van der Waals surface area contributed by atoms with Crippen LogP contribution in [-0.2, 0) is 11.3 Å². The van der Waals surface area contributed by atoms with Crippen LogP contribution in [0.5, 0.6) is 0 Å². The third-order valence-electron chi connectivity index (χ3n) is 3.15. The summed E-state index contributed by atoms with van der Waals surface area (Å²) in [5, 5.41) is 9.60. The van der Waals surface area contributed by atoms with Crippen LogP contribution in [0.2, 0.25) is 0 Å². The fourth-order valence-corrected chi connectivity index (χ4v) is 2.17. The average Bonchev–Trinajstić information content (AvgIpc) is 2.82. The van der Waals surface area contributed by atoms with E-state index >= 15 is 0 Å². The van der Waals surface area contributed by atoms with Crippen molar-refractivity contribution in [3.63, 3.8) is 0 Å². The molecule has 0 saturated carbocycles. The van der Waals surface area contributed by atoms with Crippen LogP contribution in [0.1, 0.15) is 19.5 Å². The number of pyridine rings is 1. The third-order valence-corrected chi connectivity index (χ3v) is 3.15. The molecule has 19 heavy (non-hydrogen) atoms. The number of fused-ring (bicyclic) bond motifs is 1. The van der Waals surface area contributed by atoms with E-state index in [2.05, 4.69) is 16.8 Å². The van der Waals surface area contributed by atoms with E-state index in [1.807, 2.05) is 35.7 Å². The summed E-state index contributed by atoms with van der Waals surface area (Å²) in [7, 11) is 0. The number of aliphatic hydroxyl groups is 1. The van der Waals surface area contributed by atoms with Crippen LogP contribution in [0.4, 0.5) is 5.82 Å². The monoisotopic (exact) mass is 263 g/mol. The molecule has 2 rings (SSSR count). The normalized spacial score (nSPS) is 11.1. The van der Waals surface area contributed by atoms with Gasteiger partial charge in [0.1, 0.15) is 5.65 Å². The smallest absolute Gasteiger partial charge is 0.153 e. The molecule has 104 valence electrons. The molecule has 0 aliphatic rings. The van der Waals surface area contributed by atoms with Gasteiger partial charge in [-0.25, -0.2) is 4.98 Å². The first-order valence-corrected chi connectivity index (χ1v) is 6.71. The highest BCUT2D eigenvalue weighted by molar-refractivity contribution is 5.55. The van der Waals surface area contributed by atoms with Gasteiger partial charge in [0, 0.05) is 25.9 Å². The Morgan fingerprint density at radius 2 is 2.21 bits per heavy atom. The van der Waals surface area contributed by atoms with Gasteiger partial charge >= 0.3 is 0 Å². The van der Waals surface area contributed by atoms with Crippen molar-refractivity contribution in [2.45, 2.75) is 20.5 Å².